The molecule has 3 aromatic rings. The molecule has 150 valence electrons. The first-order valence-electron chi connectivity index (χ1n) is 9.54. The number of carbonyl (C=O) groups excluding carboxylic acids is 1. The van der Waals surface area contributed by atoms with Crippen molar-refractivity contribution in [2.75, 3.05) is 38.2 Å². The predicted molar refractivity (Wildman–Crippen MR) is 115 cm³/mol. The molecule has 0 aliphatic carbocycles. The SMILES string of the molecule is COc1ccccc1N1CCN(C(=O)c2cc(-c3ccccc3Cl)nn2C)CC1. The van der Waals surface area contributed by atoms with Crippen molar-refractivity contribution in [3.05, 3.63) is 65.3 Å². The number of hydrogen-bond acceptors (Lipinski definition) is 4. The highest BCUT2D eigenvalue weighted by atomic mass is 35.5. The molecule has 2 aromatic carbocycles. The van der Waals surface area contributed by atoms with Crippen LogP contribution in [0.1, 0.15) is 10.5 Å². The summed E-state index contributed by atoms with van der Waals surface area (Å²) in [5.41, 5.74) is 3.15. The molecule has 0 bridgehead atoms. The molecular formula is C22H23ClN4O2. The van der Waals surface area contributed by atoms with Gasteiger partial charge in [0, 0.05) is 38.8 Å². The van der Waals surface area contributed by atoms with Crippen LogP contribution >= 0.6 is 11.6 Å². The zero-order valence-corrected chi connectivity index (χ0v) is 17.3. The van der Waals surface area contributed by atoms with Crippen molar-refractivity contribution >= 4 is 23.2 Å². The van der Waals surface area contributed by atoms with Crippen LogP contribution in [0, 0.1) is 0 Å². The van der Waals surface area contributed by atoms with Gasteiger partial charge in [0.2, 0.25) is 0 Å². The lowest BCUT2D eigenvalue weighted by Gasteiger charge is -2.36. The van der Waals surface area contributed by atoms with E-state index in [2.05, 4.69) is 10.00 Å². The molecule has 29 heavy (non-hydrogen) atoms. The van der Waals surface area contributed by atoms with Crippen molar-refractivity contribution in [2.45, 2.75) is 0 Å². The van der Waals surface area contributed by atoms with E-state index in [4.69, 9.17) is 16.3 Å². The smallest absolute Gasteiger partial charge is 0.272 e. The maximum atomic E-state index is 13.1. The summed E-state index contributed by atoms with van der Waals surface area (Å²) in [7, 11) is 3.47. The molecule has 4 rings (SSSR count). The van der Waals surface area contributed by atoms with E-state index in [9.17, 15) is 4.79 Å². The quantitative estimate of drug-likeness (QED) is 0.658. The summed E-state index contributed by atoms with van der Waals surface area (Å²) >= 11 is 6.29. The lowest BCUT2D eigenvalue weighted by molar-refractivity contribution is 0.0735. The number of benzene rings is 2. The number of anilines is 1. The van der Waals surface area contributed by atoms with Crippen molar-refractivity contribution < 1.29 is 9.53 Å². The molecule has 1 amide bonds. The van der Waals surface area contributed by atoms with Crippen LogP contribution in [0.4, 0.5) is 5.69 Å². The zero-order valence-electron chi connectivity index (χ0n) is 16.5. The number of amides is 1. The van der Waals surface area contributed by atoms with Crippen LogP contribution in [0.2, 0.25) is 5.02 Å². The van der Waals surface area contributed by atoms with Gasteiger partial charge in [-0.1, -0.05) is 41.9 Å². The number of carbonyl (C=O) groups is 1. The van der Waals surface area contributed by atoms with Gasteiger partial charge in [-0.05, 0) is 24.3 Å². The van der Waals surface area contributed by atoms with Crippen LogP contribution in [0.5, 0.6) is 5.75 Å². The summed E-state index contributed by atoms with van der Waals surface area (Å²) in [6, 6.07) is 17.3. The number of para-hydroxylation sites is 2. The van der Waals surface area contributed by atoms with Crippen molar-refractivity contribution in [1.82, 2.24) is 14.7 Å². The highest BCUT2D eigenvalue weighted by molar-refractivity contribution is 6.33. The highest BCUT2D eigenvalue weighted by Crippen LogP contribution is 2.29. The summed E-state index contributed by atoms with van der Waals surface area (Å²) in [6.45, 7) is 2.79. The van der Waals surface area contributed by atoms with Crippen LogP contribution in [0.3, 0.4) is 0 Å². The van der Waals surface area contributed by atoms with Gasteiger partial charge >= 0.3 is 0 Å². The third-order valence-electron chi connectivity index (χ3n) is 5.24. The molecule has 0 atom stereocenters. The number of aryl methyl sites for hydroxylation is 1. The molecule has 1 saturated heterocycles. The Morgan fingerprint density at radius 2 is 1.72 bits per heavy atom. The van der Waals surface area contributed by atoms with Crippen molar-refractivity contribution in [2.24, 2.45) is 7.05 Å². The van der Waals surface area contributed by atoms with Gasteiger partial charge in [-0.3, -0.25) is 9.48 Å². The summed E-state index contributed by atoms with van der Waals surface area (Å²) in [5.74, 6) is 0.835. The predicted octanol–water partition coefficient (Wildman–Crippen LogP) is 3.71. The summed E-state index contributed by atoms with van der Waals surface area (Å²) in [6.07, 6.45) is 0. The first-order valence-corrected chi connectivity index (χ1v) is 9.92. The number of aromatic nitrogens is 2. The number of rotatable bonds is 4. The second kappa shape index (κ2) is 8.17. The minimum atomic E-state index is -0.0158. The van der Waals surface area contributed by atoms with Crippen LogP contribution < -0.4 is 9.64 Å². The Morgan fingerprint density at radius 3 is 2.45 bits per heavy atom. The fourth-order valence-corrected chi connectivity index (χ4v) is 3.90. The second-order valence-corrected chi connectivity index (χ2v) is 7.38. The Balaban J connectivity index is 1.49. The number of methoxy groups -OCH3 is 1. The molecule has 0 unspecified atom stereocenters. The fourth-order valence-electron chi connectivity index (χ4n) is 3.67. The molecule has 1 aliphatic heterocycles. The molecule has 0 saturated carbocycles. The molecule has 6 nitrogen and oxygen atoms in total. The van der Waals surface area contributed by atoms with E-state index in [1.54, 1.807) is 18.8 Å². The van der Waals surface area contributed by atoms with Gasteiger partial charge < -0.3 is 14.5 Å². The number of ether oxygens (including phenoxy) is 1. The third kappa shape index (κ3) is 3.80. The Kier molecular flexibility index (Phi) is 5.45. The normalized spacial score (nSPS) is 14.2. The number of hydrogen-bond donors (Lipinski definition) is 0. The van der Waals surface area contributed by atoms with Crippen LogP contribution in [0.15, 0.2) is 54.6 Å². The molecule has 0 N–H and O–H groups in total. The molecule has 1 aliphatic rings. The van der Waals surface area contributed by atoms with Crippen molar-refractivity contribution in [3.8, 4) is 17.0 Å². The van der Waals surface area contributed by atoms with E-state index in [0.717, 1.165) is 30.1 Å². The van der Waals surface area contributed by atoms with E-state index in [1.807, 2.05) is 59.5 Å². The van der Waals surface area contributed by atoms with Crippen molar-refractivity contribution in [1.29, 1.82) is 0 Å². The number of piperazine rings is 1. The molecule has 1 aromatic heterocycles. The molecule has 7 heteroatoms. The van der Waals surface area contributed by atoms with Gasteiger partial charge in [-0.25, -0.2) is 0 Å². The Morgan fingerprint density at radius 1 is 1.03 bits per heavy atom. The maximum absolute atomic E-state index is 13.1. The Hall–Kier alpha value is -2.99. The van der Waals surface area contributed by atoms with Crippen LogP contribution in [-0.4, -0.2) is 53.9 Å². The largest absolute Gasteiger partial charge is 0.495 e. The maximum Gasteiger partial charge on any atom is 0.272 e. The summed E-state index contributed by atoms with van der Waals surface area (Å²) in [5, 5.41) is 5.12. The molecule has 0 spiro atoms. The minimum Gasteiger partial charge on any atom is -0.495 e. The van der Waals surface area contributed by atoms with Crippen LogP contribution in [-0.2, 0) is 7.05 Å². The second-order valence-electron chi connectivity index (χ2n) is 6.97. The third-order valence-corrected chi connectivity index (χ3v) is 5.57. The minimum absolute atomic E-state index is 0.0158. The number of nitrogens with zero attached hydrogens (tertiary/aromatic N) is 4. The first-order chi connectivity index (χ1) is 14.1. The standard InChI is InChI=1S/C22H23ClN4O2/c1-25-20(15-18(24-25)16-7-3-4-8-17(16)23)22(28)27-13-11-26(12-14-27)19-9-5-6-10-21(19)29-2/h3-10,15H,11-14H2,1-2H3. The Labute approximate surface area is 175 Å². The van der Waals surface area contributed by atoms with Crippen molar-refractivity contribution in [3.63, 3.8) is 0 Å². The monoisotopic (exact) mass is 410 g/mol. The van der Waals surface area contributed by atoms with E-state index < -0.39 is 0 Å². The summed E-state index contributed by atoms with van der Waals surface area (Å²) in [4.78, 5) is 17.2. The van der Waals surface area contributed by atoms with E-state index in [1.165, 1.54) is 0 Å². The van der Waals surface area contributed by atoms with Gasteiger partial charge in [0.25, 0.3) is 5.91 Å². The first kappa shape index (κ1) is 19.3. The van der Waals surface area contributed by atoms with Gasteiger partial charge in [0.05, 0.1) is 23.5 Å². The van der Waals surface area contributed by atoms with Gasteiger partial charge in [0.15, 0.2) is 0 Å². The van der Waals surface area contributed by atoms with E-state index >= 15 is 0 Å². The van der Waals surface area contributed by atoms with Gasteiger partial charge in [0.1, 0.15) is 11.4 Å². The topological polar surface area (TPSA) is 50.6 Å². The Bertz CT molecular complexity index is 1030. The fraction of sp³-hybridized carbons (Fsp3) is 0.273. The average molecular weight is 411 g/mol. The van der Waals surface area contributed by atoms with Gasteiger partial charge in [-0.15, -0.1) is 0 Å². The molecular weight excluding hydrogens is 388 g/mol. The average Bonchev–Trinajstić information content (AvgIpc) is 3.15. The van der Waals surface area contributed by atoms with Crippen LogP contribution in [0.25, 0.3) is 11.3 Å². The molecule has 0 radical (unpaired) electrons. The van der Waals surface area contributed by atoms with Gasteiger partial charge in [-0.2, -0.15) is 5.10 Å². The number of halogens is 1. The lowest BCUT2D eigenvalue weighted by atomic mass is 10.1. The lowest BCUT2D eigenvalue weighted by Crippen LogP contribution is -2.49. The molecule has 1 fully saturated rings. The molecule has 2 heterocycles. The van der Waals surface area contributed by atoms with E-state index in [-0.39, 0.29) is 5.91 Å². The highest BCUT2D eigenvalue weighted by Gasteiger charge is 2.26. The van der Waals surface area contributed by atoms with E-state index in [0.29, 0.717) is 29.5 Å². The summed E-state index contributed by atoms with van der Waals surface area (Å²) < 4.78 is 7.10. The zero-order chi connectivity index (χ0) is 20.4.